The molecular weight excluding hydrogens is 308 g/mol. The van der Waals surface area contributed by atoms with Gasteiger partial charge in [-0.1, -0.05) is 15.9 Å². The summed E-state index contributed by atoms with van der Waals surface area (Å²) in [6, 6.07) is 4.07. The lowest BCUT2D eigenvalue weighted by Gasteiger charge is -2.28. The topological polar surface area (TPSA) is 27.7 Å². The summed E-state index contributed by atoms with van der Waals surface area (Å²) in [6.07, 6.45) is 3.75. The van der Waals surface area contributed by atoms with E-state index in [0.29, 0.717) is 0 Å². The molecule has 0 N–H and O–H groups in total. The molecule has 2 atom stereocenters. The van der Waals surface area contributed by atoms with Crippen molar-refractivity contribution in [3.63, 3.8) is 0 Å². The predicted octanol–water partition coefficient (Wildman–Crippen LogP) is 4.02. The third-order valence-corrected chi connectivity index (χ3v) is 4.69. The zero-order chi connectivity index (χ0) is 13.8. The summed E-state index contributed by atoms with van der Waals surface area (Å²) in [4.78, 5) is 0.201. The van der Waals surface area contributed by atoms with Crippen molar-refractivity contribution in [1.29, 1.82) is 0 Å². The fourth-order valence-corrected chi connectivity index (χ4v) is 3.40. The Morgan fingerprint density at radius 3 is 2.47 bits per heavy atom. The van der Waals surface area contributed by atoms with E-state index in [1.807, 2.05) is 12.1 Å². The van der Waals surface area contributed by atoms with Crippen molar-refractivity contribution in [2.24, 2.45) is 0 Å². The van der Waals surface area contributed by atoms with Crippen LogP contribution in [0.3, 0.4) is 0 Å². The third-order valence-electron chi connectivity index (χ3n) is 3.61. The third kappa shape index (κ3) is 3.23. The van der Waals surface area contributed by atoms with E-state index < -0.39 is 0 Å². The van der Waals surface area contributed by atoms with E-state index in [4.69, 9.17) is 14.2 Å². The van der Waals surface area contributed by atoms with Gasteiger partial charge < -0.3 is 14.2 Å². The first kappa shape index (κ1) is 14.7. The van der Waals surface area contributed by atoms with Crippen LogP contribution in [0.25, 0.3) is 0 Å². The lowest BCUT2D eigenvalue weighted by Crippen LogP contribution is -2.23. The average molecular weight is 329 g/mol. The van der Waals surface area contributed by atoms with Gasteiger partial charge in [-0.25, -0.2) is 0 Å². The molecule has 19 heavy (non-hydrogen) atoms. The largest absolute Gasteiger partial charge is 0.493 e. The van der Waals surface area contributed by atoms with Gasteiger partial charge in [0.15, 0.2) is 11.5 Å². The van der Waals surface area contributed by atoms with Gasteiger partial charge in [0.05, 0.1) is 25.2 Å². The normalized spacial score (nSPS) is 20.9. The molecule has 1 heterocycles. The molecule has 1 aromatic carbocycles. The van der Waals surface area contributed by atoms with Crippen LogP contribution in [0.4, 0.5) is 0 Å². The second-order valence-electron chi connectivity index (χ2n) is 4.87. The smallest absolute Gasteiger partial charge is 0.161 e. The summed E-state index contributed by atoms with van der Waals surface area (Å²) in [7, 11) is 3.32. The highest BCUT2D eigenvalue weighted by Crippen LogP contribution is 2.39. The van der Waals surface area contributed by atoms with Gasteiger partial charge in [-0.05, 0) is 49.4 Å². The average Bonchev–Trinajstić information content (AvgIpc) is 2.47. The number of hydrogen-bond acceptors (Lipinski definition) is 3. The molecule has 2 rings (SSSR count). The maximum atomic E-state index is 5.86. The Morgan fingerprint density at radius 2 is 1.89 bits per heavy atom. The Bertz CT molecular complexity index is 428. The molecule has 0 spiro atoms. The van der Waals surface area contributed by atoms with Crippen LogP contribution in [0.1, 0.15) is 35.2 Å². The Kier molecular flexibility index (Phi) is 5.11. The summed E-state index contributed by atoms with van der Waals surface area (Å²) in [5, 5.41) is 0. The molecular formula is C15H21BrO3. The van der Waals surface area contributed by atoms with Gasteiger partial charge in [-0.3, -0.25) is 0 Å². The van der Waals surface area contributed by atoms with Crippen LogP contribution in [0.15, 0.2) is 12.1 Å². The highest BCUT2D eigenvalue weighted by atomic mass is 79.9. The summed E-state index contributed by atoms with van der Waals surface area (Å²) in [6.45, 7) is 2.95. The van der Waals surface area contributed by atoms with Crippen LogP contribution >= 0.6 is 15.9 Å². The highest BCUT2D eigenvalue weighted by Gasteiger charge is 2.26. The van der Waals surface area contributed by atoms with Gasteiger partial charge in [0.1, 0.15) is 0 Å². The highest BCUT2D eigenvalue weighted by molar-refractivity contribution is 9.09. The monoisotopic (exact) mass is 328 g/mol. The molecule has 0 radical (unpaired) electrons. The molecule has 1 aromatic rings. The van der Waals surface area contributed by atoms with Crippen molar-refractivity contribution in [1.82, 2.24) is 0 Å². The standard InChI is InChI=1S/C15H21BrO3/c1-10-8-13(17-2)14(18-3)9-11(10)15(16)12-6-4-5-7-19-12/h8-9,12,15H,4-7H2,1-3H3. The summed E-state index contributed by atoms with van der Waals surface area (Å²) >= 11 is 3.79. The molecule has 0 saturated carbocycles. The molecule has 0 amide bonds. The fourth-order valence-electron chi connectivity index (χ4n) is 2.49. The lowest BCUT2D eigenvalue weighted by atomic mass is 9.97. The van der Waals surface area contributed by atoms with E-state index in [2.05, 4.69) is 22.9 Å². The molecule has 1 aliphatic rings. The summed E-state index contributed by atoms with van der Waals surface area (Å²) in [5.41, 5.74) is 2.40. The molecule has 0 aromatic heterocycles. The van der Waals surface area contributed by atoms with Crippen molar-refractivity contribution < 1.29 is 14.2 Å². The van der Waals surface area contributed by atoms with E-state index in [1.54, 1.807) is 14.2 Å². The number of aryl methyl sites for hydroxylation is 1. The molecule has 0 aliphatic carbocycles. The van der Waals surface area contributed by atoms with Crippen molar-refractivity contribution in [3.05, 3.63) is 23.3 Å². The van der Waals surface area contributed by atoms with E-state index in [-0.39, 0.29) is 10.9 Å². The Hall–Kier alpha value is -0.740. The number of ether oxygens (including phenoxy) is 3. The molecule has 1 aliphatic heterocycles. The molecule has 4 heteroatoms. The van der Waals surface area contributed by atoms with Crippen molar-refractivity contribution in [3.8, 4) is 11.5 Å². The number of rotatable bonds is 4. The van der Waals surface area contributed by atoms with Gasteiger partial charge in [-0.2, -0.15) is 0 Å². The van der Waals surface area contributed by atoms with Crippen LogP contribution in [-0.4, -0.2) is 26.9 Å². The first-order valence-electron chi connectivity index (χ1n) is 6.65. The number of benzene rings is 1. The zero-order valence-electron chi connectivity index (χ0n) is 11.7. The lowest BCUT2D eigenvalue weighted by molar-refractivity contribution is 0.0159. The Morgan fingerprint density at radius 1 is 1.21 bits per heavy atom. The predicted molar refractivity (Wildman–Crippen MR) is 79.5 cm³/mol. The van der Waals surface area contributed by atoms with Crippen molar-refractivity contribution in [2.45, 2.75) is 37.1 Å². The van der Waals surface area contributed by atoms with Crippen molar-refractivity contribution in [2.75, 3.05) is 20.8 Å². The fraction of sp³-hybridized carbons (Fsp3) is 0.600. The molecule has 0 bridgehead atoms. The molecule has 1 fully saturated rings. The van der Waals surface area contributed by atoms with Gasteiger partial charge in [0.25, 0.3) is 0 Å². The molecule has 106 valence electrons. The van der Waals surface area contributed by atoms with E-state index in [1.165, 1.54) is 24.0 Å². The van der Waals surface area contributed by atoms with Crippen LogP contribution in [-0.2, 0) is 4.74 Å². The van der Waals surface area contributed by atoms with Gasteiger partial charge >= 0.3 is 0 Å². The van der Waals surface area contributed by atoms with Gasteiger partial charge in [0, 0.05) is 6.61 Å². The number of halogens is 1. The first-order valence-corrected chi connectivity index (χ1v) is 7.57. The Balaban J connectivity index is 2.27. The summed E-state index contributed by atoms with van der Waals surface area (Å²) < 4.78 is 16.6. The minimum atomic E-state index is 0.201. The van der Waals surface area contributed by atoms with Gasteiger partial charge in [0.2, 0.25) is 0 Å². The van der Waals surface area contributed by atoms with Crippen LogP contribution in [0, 0.1) is 6.92 Å². The van der Waals surface area contributed by atoms with E-state index >= 15 is 0 Å². The minimum absolute atomic E-state index is 0.201. The Labute approximate surface area is 123 Å². The van der Waals surface area contributed by atoms with Crippen molar-refractivity contribution >= 4 is 15.9 Å². The minimum Gasteiger partial charge on any atom is -0.493 e. The zero-order valence-corrected chi connectivity index (χ0v) is 13.3. The maximum absolute atomic E-state index is 5.86. The second-order valence-corrected chi connectivity index (χ2v) is 5.86. The molecule has 2 unspecified atom stereocenters. The molecule has 1 saturated heterocycles. The van der Waals surface area contributed by atoms with E-state index in [9.17, 15) is 0 Å². The number of methoxy groups -OCH3 is 2. The second kappa shape index (κ2) is 6.62. The first-order chi connectivity index (χ1) is 9.17. The number of alkyl halides is 1. The maximum Gasteiger partial charge on any atom is 0.161 e. The van der Waals surface area contributed by atoms with Crippen LogP contribution < -0.4 is 9.47 Å². The SMILES string of the molecule is COc1cc(C)c(C(Br)C2CCCCO2)cc1OC. The van der Waals surface area contributed by atoms with E-state index in [0.717, 1.165) is 24.5 Å². The number of hydrogen-bond donors (Lipinski definition) is 0. The van der Waals surface area contributed by atoms with Crippen LogP contribution in [0.2, 0.25) is 0 Å². The summed E-state index contributed by atoms with van der Waals surface area (Å²) in [5.74, 6) is 1.54. The quantitative estimate of drug-likeness (QED) is 0.781. The molecule has 3 nitrogen and oxygen atoms in total. The van der Waals surface area contributed by atoms with Crippen LogP contribution in [0.5, 0.6) is 11.5 Å². The van der Waals surface area contributed by atoms with Gasteiger partial charge in [-0.15, -0.1) is 0 Å².